The van der Waals surface area contributed by atoms with Crippen molar-refractivity contribution in [3.63, 3.8) is 0 Å². The first-order chi connectivity index (χ1) is 13.2. The summed E-state index contributed by atoms with van der Waals surface area (Å²) in [5.41, 5.74) is 0.835. The number of hydrogen-bond acceptors (Lipinski definition) is 6. The number of aromatic nitrogens is 2. The zero-order chi connectivity index (χ0) is 18.6. The zero-order valence-electron chi connectivity index (χ0n) is 14.7. The summed E-state index contributed by atoms with van der Waals surface area (Å²) in [7, 11) is 0. The highest BCUT2D eigenvalue weighted by Gasteiger charge is 2.16. The second-order valence-corrected chi connectivity index (χ2v) is 7.00. The van der Waals surface area contributed by atoms with E-state index in [4.69, 9.17) is 4.42 Å². The van der Waals surface area contributed by atoms with Crippen LogP contribution in [0.5, 0.6) is 0 Å². The number of nitrogens with zero attached hydrogens (tertiary/aromatic N) is 2. The number of para-hydroxylation sites is 1. The van der Waals surface area contributed by atoms with Crippen molar-refractivity contribution in [1.29, 1.82) is 0 Å². The molecular weight excluding hydrogens is 360 g/mol. The van der Waals surface area contributed by atoms with E-state index in [0.29, 0.717) is 23.9 Å². The minimum atomic E-state index is -0.463. The molecule has 3 heterocycles. The number of thiophene rings is 1. The van der Waals surface area contributed by atoms with Crippen molar-refractivity contribution in [2.75, 3.05) is 5.32 Å². The Hall–Kier alpha value is -3.19. The number of rotatable bonds is 6. The maximum absolute atomic E-state index is 12.4. The van der Waals surface area contributed by atoms with Crippen LogP contribution in [0.15, 0.2) is 64.6 Å². The first-order valence-corrected chi connectivity index (χ1v) is 9.46. The van der Waals surface area contributed by atoms with Crippen LogP contribution in [0.4, 0.5) is 5.82 Å². The molecule has 0 fully saturated rings. The first-order valence-electron chi connectivity index (χ1n) is 8.58. The molecule has 1 unspecified atom stereocenters. The van der Waals surface area contributed by atoms with Gasteiger partial charge in [-0.3, -0.25) is 4.79 Å². The Bertz CT molecular complexity index is 1050. The van der Waals surface area contributed by atoms with Gasteiger partial charge in [-0.05, 0) is 42.6 Å². The van der Waals surface area contributed by atoms with Crippen LogP contribution in [0, 0.1) is 0 Å². The van der Waals surface area contributed by atoms with Crippen LogP contribution >= 0.6 is 11.3 Å². The zero-order valence-corrected chi connectivity index (χ0v) is 15.5. The lowest BCUT2D eigenvalue weighted by Crippen LogP contribution is -2.37. The Morgan fingerprint density at radius 1 is 1.15 bits per heavy atom. The van der Waals surface area contributed by atoms with Crippen LogP contribution in [0.25, 0.3) is 21.6 Å². The van der Waals surface area contributed by atoms with Crippen molar-refractivity contribution in [3.05, 3.63) is 65.9 Å². The molecule has 0 saturated carbocycles. The monoisotopic (exact) mass is 378 g/mol. The first kappa shape index (κ1) is 17.2. The smallest absolute Gasteiger partial charge is 0.242 e. The number of carbonyl (C=O) groups is 1. The van der Waals surface area contributed by atoms with Crippen molar-refractivity contribution in [2.24, 2.45) is 0 Å². The highest BCUT2D eigenvalue weighted by molar-refractivity contribution is 7.13. The molecule has 1 amide bonds. The summed E-state index contributed by atoms with van der Waals surface area (Å²) in [5.74, 6) is 1.87. The second-order valence-electron chi connectivity index (χ2n) is 6.05. The van der Waals surface area contributed by atoms with E-state index in [1.165, 1.54) is 0 Å². The summed E-state index contributed by atoms with van der Waals surface area (Å²) in [5, 5.41) is 8.96. The van der Waals surface area contributed by atoms with Crippen molar-refractivity contribution in [3.8, 4) is 10.7 Å². The molecule has 0 aliphatic heterocycles. The summed E-state index contributed by atoms with van der Waals surface area (Å²) in [4.78, 5) is 22.7. The Labute approximate surface area is 160 Å². The van der Waals surface area contributed by atoms with Crippen LogP contribution in [0.1, 0.15) is 12.7 Å². The molecular formula is C20H18N4O2S. The lowest BCUT2D eigenvalue weighted by Gasteiger charge is -2.16. The summed E-state index contributed by atoms with van der Waals surface area (Å²) in [6, 6.07) is 14.9. The number of furan rings is 1. The molecule has 0 radical (unpaired) electrons. The summed E-state index contributed by atoms with van der Waals surface area (Å²) in [6.45, 7) is 2.15. The molecule has 0 bridgehead atoms. The fourth-order valence-electron chi connectivity index (χ4n) is 2.71. The summed E-state index contributed by atoms with van der Waals surface area (Å²) < 4.78 is 5.24. The molecule has 3 aromatic heterocycles. The van der Waals surface area contributed by atoms with Gasteiger partial charge in [0.25, 0.3) is 0 Å². The number of anilines is 1. The molecule has 0 saturated heterocycles. The van der Waals surface area contributed by atoms with Gasteiger partial charge in [0.1, 0.15) is 17.6 Å². The number of benzene rings is 1. The van der Waals surface area contributed by atoms with Crippen LogP contribution < -0.4 is 10.6 Å². The number of carbonyl (C=O) groups excluding carboxylic acids is 1. The van der Waals surface area contributed by atoms with Gasteiger partial charge in [-0.15, -0.1) is 11.3 Å². The normalized spacial score (nSPS) is 12.0. The number of nitrogens with one attached hydrogen (secondary N) is 2. The minimum Gasteiger partial charge on any atom is -0.467 e. The fourth-order valence-corrected chi connectivity index (χ4v) is 3.37. The van der Waals surface area contributed by atoms with Crippen molar-refractivity contribution >= 4 is 34.0 Å². The van der Waals surface area contributed by atoms with Gasteiger partial charge in [0.2, 0.25) is 5.91 Å². The molecule has 4 aromatic rings. The number of fused-ring (bicyclic) bond motifs is 1. The summed E-state index contributed by atoms with van der Waals surface area (Å²) in [6.07, 6.45) is 1.59. The predicted molar refractivity (Wildman–Crippen MR) is 106 cm³/mol. The second kappa shape index (κ2) is 7.59. The van der Waals surface area contributed by atoms with E-state index in [2.05, 4.69) is 20.6 Å². The van der Waals surface area contributed by atoms with Gasteiger partial charge in [0.15, 0.2) is 5.82 Å². The predicted octanol–water partition coefficient (Wildman–Crippen LogP) is 4.07. The van der Waals surface area contributed by atoms with Crippen LogP contribution in [0.3, 0.4) is 0 Å². The molecule has 2 N–H and O–H groups in total. The van der Waals surface area contributed by atoms with E-state index >= 15 is 0 Å². The van der Waals surface area contributed by atoms with E-state index in [1.54, 1.807) is 30.6 Å². The average molecular weight is 378 g/mol. The van der Waals surface area contributed by atoms with Crippen LogP contribution in [0.2, 0.25) is 0 Å². The number of amides is 1. The lowest BCUT2D eigenvalue weighted by atomic mass is 10.2. The molecule has 0 aliphatic rings. The van der Waals surface area contributed by atoms with Gasteiger partial charge < -0.3 is 15.1 Å². The maximum atomic E-state index is 12.4. The topological polar surface area (TPSA) is 80.0 Å². The lowest BCUT2D eigenvalue weighted by molar-refractivity contribution is -0.121. The third-order valence-corrected chi connectivity index (χ3v) is 4.97. The standard InChI is InChI=1S/C20H18N4O2S/c1-13(20(25)21-12-14-6-4-10-26-14)22-18-15-7-2-3-8-16(15)23-19(24-18)17-9-5-11-27-17/h2-11,13H,12H2,1H3,(H,21,25)(H,22,23,24). The Morgan fingerprint density at radius 3 is 2.81 bits per heavy atom. The molecule has 27 heavy (non-hydrogen) atoms. The van der Waals surface area contributed by atoms with E-state index in [1.807, 2.05) is 47.8 Å². The third-order valence-electron chi connectivity index (χ3n) is 4.11. The third kappa shape index (κ3) is 3.83. The molecule has 7 heteroatoms. The molecule has 136 valence electrons. The Kier molecular flexibility index (Phi) is 4.84. The van der Waals surface area contributed by atoms with Gasteiger partial charge in [0.05, 0.1) is 23.2 Å². The molecule has 1 aromatic carbocycles. The van der Waals surface area contributed by atoms with E-state index in [0.717, 1.165) is 15.8 Å². The van der Waals surface area contributed by atoms with Crippen LogP contribution in [-0.4, -0.2) is 21.9 Å². The van der Waals surface area contributed by atoms with E-state index < -0.39 is 6.04 Å². The van der Waals surface area contributed by atoms with Crippen molar-refractivity contribution in [2.45, 2.75) is 19.5 Å². The fraction of sp³-hybridized carbons (Fsp3) is 0.150. The van der Waals surface area contributed by atoms with Gasteiger partial charge in [-0.1, -0.05) is 18.2 Å². The number of hydrogen-bond donors (Lipinski definition) is 2. The molecule has 0 aliphatic carbocycles. The molecule has 0 spiro atoms. The average Bonchev–Trinajstić information content (AvgIpc) is 3.39. The molecule has 1 atom stereocenters. The highest BCUT2D eigenvalue weighted by atomic mass is 32.1. The van der Waals surface area contributed by atoms with Crippen molar-refractivity contribution in [1.82, 2.24) is 15.3 Å². The Morgan fingerprint density at radius 2 is 2.04 bits per heavy atom. The van der Waals surface area contributed by atoms with E-state index in [-0.39, 0.29) is 5.91 Å². The van der Waals surface area contributed by atoms with Gasteiger partial charge in [-0.2, -0.15) is 0 Å². The largest absolute Gasteiger partial charge is 0.467 e. The van der Waals surface area contributed by atoms with Crippen molar-refractivity contribution < 1.29 is 9.21 Å². The van der Waals surface area contributed by atoms with Crippen LogP contribution in [-0.2, 0) is 11.3 Å². The van der Waals surface area contributed by atoms with Gasteiger partial charge in [-0.25, -0.2) is 9.97 Å². The SMILES string of the molecule is CC(Nc1nc(-c2cccs2)nc2ccccc12)C(=O)NCc1ccco1. The van der Waals surface area contributed by atoms with E-state index in [9.17, 15) is 4.79 Å². The molecule has 4 rings (SSSR count). The van der Waals surface area contributed by atoms with Gasteiger partial charge >= 0.3 is 0 Å². The highest BCUT2D eigenvalue weighted by Crippen LogP contribution is 2.27. The quantitative estimate of drug-likeness (QED) is 0.529. The molecule has 6 nitrogen and oxygen atoms in total. The maximum Gasteiger partial charge on any atom is 0.242 e. The minimum absolute atomic E-state index is 0.133. The summed E-state index contributed by atoms with van der Waals surface area (Å²) >= 11 is 1.58. The Balaban J connectivity index is 1.57. The van der Waals surface area contributed by atoms with Gasteiger partial charge in [0, 0.05) is 5.39 Å².